The zero-order chi connectivity index (χ0) is 15.0. The van der Waals surface area contributed by atoms with Gasteiger partial charge in [0, 0.05) is 12.2 Å². The van der Waals surface area contributed by atoms with E-state index in [4.69, 9.17) is 11.0 Å². The molecule has 2 saturated carbocycles. The second-order valence-electron chi connectivity index (χ2n) is 6.06. The minimum Gasteiger partial charge on any atom is -0.399 e. The molecular formula is C15H19N3O2S. The van der Waals surface area contributed by atoms with Gasteiger partial charge in [0.05, 0.1) is 10.5 Å². The fraction of sp³-hybridized carbons (Fsp3) is 0.533. The van der Waals surface area contributed by atoms with Crippen LogP contribution in [0.4, 0.5) is 5.69 Å². The lowest BCUT2D eigenvalue weighted by Gasteiger charge is -2.16. The van der Waals surface area contributed by atoms with Crippen LogP contribution in [0.1, 0.15) is 31.2 Å². The van der Waals surface area contributed by atoms with E-state index in [9.17, 15) is 8.42 Å². The van der Waals surface area contributed by atoms with Crippen molar-refractivity contribution in [2.45, 2.75) is 30.6 Å². The van der Waals surface area contributed by atoms with Gasteiger partial charge in [-0.3, -0.25) is 0 Å². The molecule has 5 nitrogen and oxygen atoms in total. The van der Waals surface area contributed by atoms with Crippen molar-refractivity contribution in [1.29, 1.82) is 5.26 Å². The molecule has 0 radical (unpaired) electrons. The second kappa shape index (κ2) is 5.32. The highest BCUT2D eigenvalue weighted by Crippen LogP contribution is 2.48. The molecule has 0 aromatic heterocycles. The van der Waals surface area contributed by atoms with Crippen LogP contribution >= 0.6 is 0 Å². The van der Waals surface area contributed by atoms with Crippen LogP contribution < -0.4 is 10.5 Å². The zero-order valence-electron chi connectivity index (χ0n) is 11.7. The molecular weight excluding hydrogens is 286 g/mol. The molecule has 0 amide bonds. The summed E-state index contributed by atoms with van der Waals surface area (Å²) in [5.74, 6) is 1.82. The molecule has 0 bridgehead atoms. The van der Waals surface area contributed by atoms with Crippen molar-refractivity contribution < 1.29 is 8.42 Å². The molecule has 112 valence electrons. The number of hydrogen-bond donors (Lipinski definition) is 2. The number of anilines is 1. The third kappa shape index (κ3) is 3.20. The molecule has 0 spiro atoms. The summed E-state index contributed by atoms with van der Waals surface area (Å²) in [5, 5.41) is 9.08. The van der Waals surface area contributed by atoms with Crippen molar-refractivity contribution in [3.63, 3.8) is 0 Å². The number of nitrogens with one attached hydrogen (secondary N) is 1. The van der Waals surface area contributed by atoms with E-state index in [-0.39, 0.29) is 10.5 Å². The van der Waals surface area contributed by atoms with E-state index in [0.717, 1.165) is 0 Å². The second-order valence-corrected chi connectivity index (χ2v) is 7.79. The summed E-state index contributed by atoms with van der Waals surface area (Å²) in [6.07, 6.45) is 4.87. The topological polar surface area (TPSA) is 96.0 Å². The number of nitriles is 1. The number of hydrogen-bond acceptors (Lipinski definition) is 4. The van der Waals surface area contributed by atoms with E-state index in [1.165, 1.54) is 43.9 Å². The standard InChI is InChI=1S/C15H19N3O2S/c16-8-12-7-13(17)5-6-15(12)21(19,20)18-9-14(10-1-2-10)11-3-4-11/h5-7,10-11,14,18H,1-4,9,17H2. The highest BCUT2D eigenvalue weighted by atomic mass is 32.2. The van der Waals surface area contributed by atoms with Crippen LogP contribution in [0.3, 0.4) is 0 Å². The number of rotatable bonds is 6. The summed E-state index contributed by atoms with van der Waals surface area (Å²) < 4.78 is 27.5. The summed E-state index contributed by atoms with van der Waals surface area (Å²) in [6.45, 7) is 0.479. The number of nitrogens with two attached hydrogens (primary N) is 1. The fourth-order valence-electron chi connectivity index (χ4n) is 2.92. The summed E-state index contributed by atoms with van der Waals surface area (Å²) in [4.78, 5) is 0.0181. The maximum Gasteiger partial charge on any atom is 0.241 e. The molecule has 6 heteroatoms. The Hall–Kier alpha value is -1.58. The van der Waals surface area contributed by atoms with Crippen molar-refractivity contribution in [3.8, 4) is 6.07 Å². The SMILES string of the molecule is N#Cc1cc(N)ccc1S(=O)(=O)NCC(C1CC1)C1CC1. The number of nitrogen functional groups attached to an aromatic ring is 1. The van der Waals surface area contributed by atoms with Gasteiger partial charge in [0.15, 0.2) is 0 Å². The third-order valence-electron chi connectivity index (χ3n) is 4.38. The molecule has 2 aliphatic rings. The Morgan fingerprint density at radius 1 is 1.29 bits per heavy atom. The monoisotopic (exact) mass is 305 g/mol. The Morgan fingerprint density at radius 2 is 1.90 bits per heavy atom. The van der Waals surface area contributed by atoms with Gasteiger partial charge in [-0.2, -0.15) is 5.26 Å². The van der Waals surface area contributed by atoms with E-state index in [2.05, 4.69) is 4.72 Å². The Kier molecular flexibility index (Phi) is 3.64. The van der Waals surface area contributed by atoms with E-state index in [1.807, 2.05) is 6.07 Å². The molecule has 3 rings (SSSR count). The van der Waals surface area contributed by atoms with Crippen LogP contribution in [0.25, 0.3) is 0 Å². The predicted octanol–water partition coefficient (Wildman–Crippen LogP) is 1.85. The molecule has 0 unspecified atom stereocenters. The first-order chi connectivity index (χ1) is 10.0. The van der Waals surface area contributed by atoms with Crippen molar-refractivity contribution in [2.75, 3.05) is 12.3 Å². The number of sulfonamides is 1. The van der Waals surface area contributed by atoms with Crippen molar-refractivity contribution in [1.82, 2.24) is 4.72 Å². The molecule has 21 heavy (non-hydrogen) atoms. The largest absolute Gasteiger partial charge is 0.399 e. The molecule has 2 aliphatic carbocycles. The van der Waals surface area contributed by atoms with E-state index >= 15 is 0 Å². The summed E-state index contributed by atoms with van der Waals surface area (Å²) in [7, 11) is -3.65. The van der Waals surface area contributed by atoms with E-state index in [1.54, 1.807) is 0 Å². The first-order valence-corrected chi connectivity index (χ1v) is 8.79. The Morgan fingerprint density at radius 3 is 2.43 bits per heavy atom. The molecule has 1 aromatic rings. The average molecular weight is 305 g/mol. The van der Waals surface area contributed by atoms with Crippen molar-refractivity contribution >= 4 is 15.7 Å². The molecule has 2 fully saturated rings. The van der Waals surface area contributed by atoms with Gasteiger partial charge in [-0.05, 0) is 61.6 Å². The van der Waals surface area contributed by atoms with Gasteiger partial charge < -0.3 is 5.73 Å². The highest BCUT2D eigenvalue weighted by molar-refractivity contribution is 7.89. The quantitative estimate of drug-likeness (QED) is 0.784. The molecule has 3 N–H and O–H groups in total. The van der Waals surface area contributed by atoms with Crippen LogP contribution in [0, 0.1) is 29.1 Å². The Balaban J connectivity index is 1.76. The third-order valence-corrected chi connectivity index (χ3v) is 5.86. The van der Waals surface area contributed by atoms with Gasteiger partial charge >= 0.3 is 0 Å². The highest BCUT2D eigenvalue weighted by Gasteiger charge is 2.41. The lowest BCUT2D eigenvalue weighted by molar-refractivity contribution is 0.401. The van der Waals surface area contributed by atoms with Gasteiger partial charge in [-0.25, -0.2) is 13.1 Å². The molecule has 0 saturated heterocycles. The fourth-order valence-corrected chi connectivity index (χ4v) is 4.13. The first-order valence-electron chi connectivity index (χ1n) is 7.30. The normalized spacial score (nSPS) is 18.7. The summed E-state index contributed by atoms with van der Waals surface area (Å²) in [5.41, 5.74) is 6.08. The van der Waals surface area contributed by atoms with Gasteiger partial charge in [0.1, 0.15) is 6.07 Å². The van der Waals surface area contributed by atoms with Crippen LogP contribution in [0.15, 0.2) is 23.1 Å². The minimum absolute atomic E-state index is 0.0181. The molecule has 0 aliphatic heterocycles. The van der Waals surface area contributed by atoms with Crippen LogP contribution in [0.2, 0.25) is 0 Å². The van der Waals surface area contributed by atoms with Gasteiger partial charge in [0.25, 0.3) is 0 Å². The van der Waals surface area contributed by atoms with Crippen LogP contribution in [-0.4, -0.2) is 15.0 Å². The summed E-state index contributed by atoms with van der Waals surface area (Å²) >= 11 is 0. The van der Waals surface area contributed by atoms with E-state index < -0.39 is 10.0 Å². The van der Waals surface area contributed by atoms with Gasteiger partial charge in [-0.15, -0.1) is 0 Å². The van der Waals surface area contributed by atoms with Gasteiger partial charge in [-0.1, -0.05) is 0 Å². The maximum atomic E-state index is 12.4. The minimum atomic E-state index is -3.65. The Labute approximate surface area is 125 Å². The van der Waals surface area contributed by atoms with Crippen LogP contribution in [-0.2, 0) is 10.0 Å². The number of benzene rings is 1. The molecule has 0 atom stereocenters. The Bertz CT molecular complexity index is 673. The lowest BCUT2D eigenvalue weighted by Crippen LogP contribution is -2.31. The maximum absolute atomic E-state index is 12.4. The van der Waals surface area contributed by atoms with Crippen molar-refractivity contribution in [2.24, 2.45) is 17.8 Å². The van der Waals surface area contributed by atoms with Crippen molar-refractivity contribution in [3.05, 3.63) is 23.8 Å². The lowest BCUT2D eigenvalue weighted by atomic mass is 9.99. The molecule has 0 heterocycles. The number of nitrogens with zero attached hydrogens (tertiary/aromatic N) is 1. The zero-order valence-corrected chi connectivity index (χ0v) is 12.6. The van der Waals surface area contributed by atoms with E-state index in [0.29, 0.717) is 30.0 Å². The summed E-state index contributed by atoms with van der Waals surface area (Å²) in [6, 6.07) is 6.21. The molecule has 1 aromatic carbocycles. The van der Waals surface area contributed by atoms with Gasteiger partial charge in [0.2, 0.25) is 10.0 Å². The average Bonchev–Trinajstić information content (AvgIpc) is 3.31. The van der Waals surface area contributed by atoms with Crippen LogP contribution in [0.5, 0.6) is 0 Å². The smallest absolute Gasteiger partial charge is 0.241 e. The first kappa shape index (κ1) is 14.4. The predicted molar refractivity (Wildman–Crippen MR) is 79.7 cm³/mol.